The summed E-state index contributed by atoms with van der Waals surface area (Å²) < 4.78 is 0. The van der Waals surface area contributed by atoms with E-state index >= 15 is 0 Å². The lowest BCUT2D eigenvalue weighted by atomic mass is 10.0. The Morgan fingerprint density at radius 1 is 1.03 bits per heavy atom. The molecule has 4 unspecified atom stereocenters. The number of aliphatic carboxylic acids is 1. The molecule has 2 fully saturated rings. The van der Waals surface area contributed by atoms with Crippen LogP contribution in [0.2, 0.25) is 0 Å². The molecule has 11 heteroatoms. The summed E-state index contributed by atoms with van der Waals surface area (Å²) in [6.45, 7) is 0.154. The Labute approximate surface area is 191 Å². The molecule has 0 spiro atoms. The van der Waals surface area contributed by atoms with Gasteiger partial charge in [-0.1, -0.05) is 12.1 Å². The minimum atomic E-state index is -1.21. The SMILES string of the molecule is NC(CO)C(=O)N1CCCC1C(=O)N1CCCC1C(=O)NC(Cc1ccc(O)cc1)C(=O)O. The van der Waals surface area contributed by atoms with Gasteiger partial charge >= 0.3 is 5.97 Å². The average molecular weight is 463 g/mol. The van der Waals surface area contributed by atoms with Crippen molar-refractivity contribution < 1.29 is 34.5 Å². The van der Waals surface area contributed by atoms with Crippen molar-refractivity contribution in [3.8, 4) is 5.75 Å². The van der Waals surface area contributed by atoms with E-state index in [2.05, 4.69) is 5.32 Å². The fourth-order valence-electron chi connectivity index (χ4n) is 4.41. The third-order valence-electron chi connectivity index (χ3n) is 6.16. The van der Waals surface area contributed by atoms with Gasteiger partial charge < -0.3 is 36.2 Å². The van der Waals surface area contributed by atoms with Crippen LogP contribution in [0.1, 0.15) is 31.2 Å². The number of nitrogens with two attached hydrogens (primary N) is 1. The zero-order valence-electron chi connectivity index (χ0n) is 18.2. The largest absolute Gasteiger partial charge is 0.508 e. The van der Waals surface area contributed by atoms with Crippen LogP contribution in [-0.2, 0) is 25.6 Å². The number of amides is 3. The summed E-state index contributed by atoms with van der Waals surface area (Å²) >= 11 is 0. The van der Waals surface area contributed by atoms with Crippen LogP contribution in [-0.4, -0.2) is 92.7 Å². The van der Waals surface area contributed by atoms with E-state index in [1.165, 1.54) is 21.9 Å². The Morgan fingerprint density at radius 2 is 1.64 bits per heavy atom. The van der Waals surface area contributed by atoms with Crippen LogP contribution in [0.4, 0.5) is 0 Å². The second kappa shape index (κ2) is 10.6. The molecule has 3 rings (SSSR count). The molecule has 11 nitrogen and oxygen atoms in total. The Bertz CT molecular complexity index is 891. The summed E-state index contributed by atoms with van der Waals surface area (Å²) in [6, 6.07) is 2.13. The van der Waals surface area contributed by atoms with Crippen molar-refractivity contribution in [1.82, 2.24) is 15.1 Å². The number of nitrogens with one attached hydrogen (secondary N) is 1. The number of carboxylic acid groups (broad SMARTS) is 1. The van der Waals surface area contributed by atoms with E-state index < -0.39 is 48.6 Å². The molecule has 2 aliphatic rings. The van der Waals surface area contributed by atoms with Crippen molar-refractivity contribution in [3.63, 3.8) is 0 Å². The van der Waals surface area contributed by atoms with Gasteiger partial charge in [0.1, 0.15) is 29.9 Å². The number of hydrogen-bond donors (Lipinski definition) is 5. The topological polar surface area (TPSA) is 173 Å². The Balaban J connectivity index is 1.68. The summed E-state index contributed by atoms with van der Waals surface area (Å²) in [6.07, 6.45) is 2.03. The molecule has 0 radical (unpaired) electrons. The van der Waals surface area contributed by atoms with Gasteiger partial charge in [0.2, 0.25) is 17.7 Å². The molecule has 0 saturated carbocycles. The first-order valence-electron chi connectivity index (χ1n) is 11.0. The van der Waals surface area contributed by atoms with Gasteiger partial charge in [-0.05, 0) is 43.4 Å². The molecule has 1 aromatic carbocycles. The van der Waals surface area contributed by atoms with Crippen molar-refractivity contribution in [3.05, 3.63) is 29.8 Å². The van der Waals surface area contributed by atoms with Gasteiger partial charge in [-0.3, -0.25) is 14.4 Å². The highest BCUT2D eigenvalue weighted by Crippen LogP contribution is 2.25. The van der Waals surface area contributed by atoms with E-state index in [1.54, 1.807) is 12.1 Å². The minimum absolute atomic E-state index is 0.0198. The maximum Gasteiger partial charge on any atom is 0.326 e. The molecule has 4 atom stereocenters. The number of phenolic OH excluding ortho intramolecular Hbond substituents is 1. The highest BCUT2D eigenvalue weighted by molar-refractivity contribution is 5.94. The van der Waals surface area contributed by atoms with Gasteiger partial charge in [-0.2, -0.15) is 0 Å². The van der Waals surface area contributed by atoms with Gasteiger partial charge in [0.25, 0.3) is 0 Å². The van der Waals surface area contributed by atoms with Crippen molar-refractivity contribution in [1.29, 1.82) is 0 Å². The van der Waals surface area contributed by atoms with Crippen LogP contribution >= 0.6 is 0 Å². The number of benzene rings is 1. The Kier molecular flexibility index (Phi) is 7.88. The average Bonchev–Trinajstić information content (AvgIpc) is 3.48. The number of aromatic hydroxyl groups is 1. The predicted octanol–water partition coefficient (Wildman–Crippen LogP) is -1.19. The fraction of sp³-hybridized carbons (Fsp3) is 0.545. The number of aliphatic hydroxyl groups is 1. The van der Waals surface area contributed by atoms with Crippen LogP contribution in [0, 0.1) is 0 Å². The lowest BCUT2D eigenvalue weighted by Gasteiger charge is -2.32. The number of carboxylic acids is 1. The van der Waals surface area contributed by atoms with Gasteiger partial charge in [-0.15, -0.1) is 0 Å². The highest BCUT2D eigenvalue weighted by atomic mass is 16.4. The number of nitrogens with zero attached hydrogens (tertiary/aromatic N) is 2. The monoisotopic (exact) mass is 462 g/mol. The molecule has 0 aromatic heterocycles. The lowest BCUT2D eigenvalue weighted by Crippen LogP contribution is -2.56. The number of carbonyl (C=O) groups excluding carboxylic acids is 3. The van der Waals surface area contributed by atoms with Crippen molar-refractivity contribution in [2.24, 2.45) is 5.73 Å². The quantitative estimate of drug-likeness (QED) is 0.320. The molecule has 33 heavy (non-hydrogen) atoms. The van der Waals surface area contributed by atoms with Gasteiger partial charge in [0, 0.05) is 19.5 Å². The Hall–Kier alpha value is -3.18. The summed E-state index contributed by atoms with van der Waals surface area (Å²) in [7, 11) is 0. The number of aliphatic hydroxyl groups excluding tert-OH is 1. The van der Waals surface area contributed by atoms with E-state index in [0.717, 1.165) is 0 Å². The number of likely N-dealkylation sites (tertiary alicyclic amines) is 2. The van der Waals surface area contributed by atoms with Gasteiger partial charge in [0.15, 0.2) is 0 Å². The smallest absolute Gasteiger partial charge is 0.326 e. The van der Waals surface area contributed by atoms with Gasteiger partial charge in [-0.25, -0.2) is 4.79 Å². The fourth-order valence-corrected chi connectivity index (χ4v) is 4.41. The van der Waals surface area contributed by atoms with Crippen molar-refractivity contribution in [2.45, 2.75) is 56.3 Å². The Morgan fingerprint density at radius 3 is 2.24 bits per heavy atom. The maximum atomic E-state index is 13.2. The second-order valence-corrected chi connectivity index (χ2v) is 8.44. The standard InChI is InChI=1S/C22H30N4O7/c23-15(12-27)20(30)26-10-2-4-18(26)21(31)25-9-1-3-17(25)19(29)24-16(22(32)33)11-13-5-7-14(28)8-6-13/h5-8,15-18,27-28H,1-4,9-12,23H2,(H,24,29)(H,32,33). The van der Waals surface area contributed by atoms with Crippen LogP contribution in [0.15, 0.2) is 24.3 Å². The first kappa shape index (κ1) is 24.5. The molecule has 2 saturated heterocycles. The minimum Gasteiger partial charge on any atom is -0.508 e. The summed E-state index contributed by atoms with van der Waals surface area (Å²) in [5.74, 6) is -2.59. The molecule has 3 amide bonds. The number of hydrogen-bond acceptors (Lipinski definition) is 7. The lowest BCUT2D eigenvalue weighted by molar-refractivity contribution is -0.148. The van der Waals surface area contributed by atoms with Crippen molar-refractivity contribution in [2.75, 3.05) is 19.7 Å². The normalized spacial score (nSPS) is 22.1. The van der Waals surface area contributed by atoms with Crippen LogP contribution < -0.4 is 11.1 Å². The third kappa shape index (κ3) is 5.60. The summed E-state index contributed by atoms with van der Waals surface area (Å²) in [4.78, 5) is 53.2. The van der Waals surface area contributed by atoms with E-state index in [4.69, 9.17) is 5.73 Å². The molecule has 0 bridgehead atoms. The van der Waals surface area contributed by atoms with E-state index in [0.29, 0.717) is 44.3 Å². The number of phenols is 1. The van der Waals surface area contributed by atoms with E-state index in [-0.39, 0.29) is 18.1 Å². The molecule has 1 aromatic rings. The predicted molar refractivity (Wildman–Crippen MR) is 116 cm³/mol. The first-order valence-corrected chi connectivity index (χ1v) is 11.0. The molecular formula is C22H30N4O7. The number of rotatable bonds is 8. The number of carbonyl (C=O) groups is 4. The molecule has 180 valence electrons. The molecule has 6 N–H and O–H groups in total. The first-order chi connectivity index (χ1) is 15.7. The molecule has 2 aliphatic heterocycles. The molecule has 0 aliphatic carbocycles. The zero-order chi connectivity index (χ0) is 24.1. The van der Waals surface area contributed by atoms with Gasteiger partial charge in [0.05, 0.1) is 6.61 Å². The van der Waals surface area contributed by atoms with Crippen molar-refractivity contribution >= 4 is 23.7 Å². The van der Waals surface area contributed by atoms with Crippen LogP contribution in [0.5, 0.6) is 5.75 Å². The maximum absolute atomic E-state index is 13.2. The van der Waals surface area contributed by atoms with Crippen LogP contribution in [0.3, 0.4) is 0 Å². The van der Waals surface area contributed by atoms with Crippen LogP contribution in [0.25, 0.3) is 0 Å². The van der Waals surface area contributed by atoms with E-state index in [1.807, 2.05) is 0 Å². The second-order valence-electron chi connectivity index (χ2n) is 8.44. The summed E-state index contributed by atoms with van der Waals surface area (Å²) in [5, 5.41) is 30.7. The highest BCUT2D eigenvalue weighted by Gasteiger charge is 2.43. The molecular weight excluding hydrogens is 432 g/mol. The third-order valence-corrected chi connectivity index (χ3v) is 6.16. The summed E-state index contributed by atoms with van der Waals surface area (Å²) in [5.41, 5.74) is 6.27. The van der Waals surface area contributed by atoms with E-state index in [9.17, 15) is 34.5 Å². The molecule has 2 heterocycles. The zero-order valence-corrected chi connectivity index (χ0v) is 18.2.